The summed E-state index contributed by atoms with van der Waals surface area (Å²) in [7, 11) is 0. The van der Waals surface area contributed by atoms with Gasteiger partial charge in [0.05, 0.1) is 16.9 Å². The fraction of sp³-hybridized carbons (Fsp3) is 0.222. The summed E-state index contributed by atoms with van der Waals surface area (Å²) in [6.07, 6.45) is -0.0734. The van der Waals surface area contributed by atoms with Crippen molar-refractivity contribution < 1.29 is 24.7 Å². The van der Waals surface area contributed by atoms with Gasteiger partial charge in [-0.3, -0.25) is 14.9 Å². The smallest absolute Gasteiger partial charge is 0.307 e. The molecule has 7 heteroatoms. The van der Waals surface area contributed by atoms with Crippen LogP contribution in [0.3, 0.4) is 0 Å². The van der Waals surface area contributed by atoms with Gasteiger partial charge < -0.3 is 14.9 Å². The van der Waals surface area contributed by atoms with Crippen molar-refractivity contribution in [1.29, 1.82) is 0 Å². The van der Waals surface area contributed by atoms with Crippen LogP contribution in [0.25, 0.3) is 0 Å². The topological polar surface area (TPSA) is 110 Å². The van der Waals surface area contributed by atoms with Crippen LogP contribution in [0.15, 0.2) is 48.5 Å². The van der Waals surface area contributed by atoms with Crippen molar-refractivity contribution in [2.75, 3.05) is 0 Å². The molecule has 0 fully saturated rings. The first kappa shape index (κ1) is 24.3. The van der Waals surface area contributed by atoms with E-state index in [0.717, 1.165) is 11.1 Å². The lowest BCUT2D eigenvalue weighted by Gasteiger charge is -2.17. The van der Waals surface area contributed by atoms with E-state index in [0.29, 0.717) is 33.8 Å². The summed E-state index contributed by atoms with van der Waals surface area (Å²) in [5, 5.41) is 30.9. The number of nitro groups is 1. The van der Waals surface area contributed by atoms with Gasteiger partial charge in [-0.2, -0.15) is 0 Å². The van der Waals surface area contributed by atoms with Crippen LogP contribution in [-0.4, -0.2) is 21.1 Å². The number of carbonyl (C=O) groups is 1. The summed E-state index contributed by atoms with van der Waals surface area (Å²) in [5.41, 5.74) is 3.65. The first-order valence-electron chi connectivity index (χ1n) is 10.7. The van der Waals surface area contributed by atoms with Crippen LogP contribution < -0.4 is 4.74 Å². The number of aryl methyl sites for hydroxylation is 2. The number of benzene rings is 3. The van der Waals surface area contributed by atoms with Crippen LogP contribution in [-0.2, 0) is 11.2 Å². The molecule has 0 heterocycles. The fourth-order valence-corrected chi connectivity index (χ4v) is 3.66. The molecule has 3 aromatic carbocycles. The number of aliphatic carboxylic acids is 1. The second-order valence-electron chi connectivity index (χ2n) is 8.35. The Morgan fingerprint density at radius 1 is 1.09 bits per heavy atom. The average molecular weight is 459 g/mol. The summed E-state index contributed by atoms with van der Waals surface area (Å²) < 4.78 is 6.17. The largest absolute Gasteiger partial charge is 0.506 e. The number of phenols is 1. The van der Waals surface area contributed by atoms with Crippen LogP contribution in [0.4, 0.5) is 5.69 Å². The molecule has 0 radical (unpaired) electrons. The summed E-state index contributed by atoms with van der Waals surface area (Å²) >= 11 is 0. The number of ether oxygens (including phenoxy) is 1. The summed E-state index contributed by atoms with van der Waals surface area (Å²) in [5.74, 6) is 5.98. The molecule has 0 saturated carbocycles. The van der Waals surface area contributed by atoms with Crippen molar-refractivity contribution in [2.45, 2.75) is 40.0 Å². The molecule has 3 aromatic rings. The minimum absolute atomic E-state index is 0.0120. The summed E-state index contributed by atoms with van der Waals surface area (Å²) in [6.45, 7) is 7.57. The molecule has 0 aromatic heterocycles. The highest BCUT2D eigenvalue weighted by molar-refractivity contribution is 5.70. The highest BCUT2D eigenvalue weighted by Gasteiger charge is 2.15. The van der Waals surface area contributed by atoms with E-state index in [2.05, 4.69) is 11.8 Å². The average Bonchev–Trinajstić information content (AvgIpc) is 2.75. The van der Waals surface area contributed by atoms with Gasteiger partial charge in [0.1, 0.15) is 17.2 Å². The zero-order chi connectivity index (χ0) is 25.0. The maximum atomic E-state index is 11.1. The molecule has 0 unspecified atom stereocenters. The minimum Gasteiger partial charge on any atom is -0.506 e. The number of nitrogens with zero attached hydrogens (tertiary/aromatic N) is 1. The Morgan fingerprint density at radius 2 is 1.76 bits per heavy atom. The molecule has 0 amide bonds. The lowest BCUT2D eigenvalue weighted by atomic mass is 9.98. The SMILES string of the molecule is Cc1cc(CC(=O)O)cc(C)c1Oc1cc(C#Cc2cccc([N+](=O)[O-])c2)c(O)c(C(C)C)c1. The number of phenolic OH excluding ortho intramolecular Hbond substituents is 1. The van der Waals surface area contributed by atoms with Crippen molar-refractivity contribution in [1.82, 2.24) is 0 Å². The third-order valence-corrected chi connectivity index (χ3v) is 5.23. The molecule has 174 valence electrons. The van der Waals surface area contributed by atoms with Crippen LogP contribution in [0.5, 0.6) is 17.2 Å². The van der Waals surface area contributed by atoms with Crippen LogP contribution in [0, 0.1) is 35.8 Å². The maximum absolute atomic E-state index is 11.1. The molecule has 34 heavy (non-hydrogen) atoms. The number of aromatic hydroxyl groups is 1. The van der Waals surface area contributed by atoms with E-state index < -0.39 is 10.9 Å². The Balaban J connectivity index is 2.02. The number of rotatable bonds is 6. The third kappa shape index (κ3) is 5.73. The molecule has 0 spiro atoms. The van der Waals surface area contributed by atoms with Crippen molar-refractivity contribution in [2.24, 2.45) is 0 Å². The molecular weight excluding hydrogens is 434 g/mol. The van der Waals surface area contributed by atoms with Gasteiger partial charge in [0.15, 0.2) is 0 Å². The highest BCUT2D eigenvalue weighted by atomic mass is 16.6. The van der Waals surface area contributed by atoms with Crippen molar-refractivity contribution in [3.05, 3.63) is 92.0 Å². The van der Waals surface area contributed by atoms with Gasteiger partial charge in [0, 0.05) is 29.3 Å². The van der Waals surface area contributed by atoms with Gasteiger partial charge in [-0.1, -0.05) is 43.9 Å². The zero-order valence-corrected chi connectivity index (χ0v) is 19.4. The standard InChI is InChI=1S/C27H25NO6/c1-16(2)24-15-23(34-27-17(3)10-20(11-18(27)4)13-25(29)30)14-21(26(24)31)9-8-19-6-5-7-22(12-19)28(32)33/h5-7,10-12,14-16,31H,13H2,1-4H3,(H,29,30). The molecule has 3 rings (SSSR count). The number of carboxylic acid groups (broad SMARTS) is 1. The van der Waals surface area contributed by atoms with E-state index in [-0.39, 0.29) is 23.8 Å². The first-order valence-corrected chi connectivity index (χ1v) is 10.7. The van der Waals surface area contributed by atoms with Gasteiger partial charge in [0.25, 0.3) is 5.69 Å². The van der Waals surface area contributed by atoms with E-state index in [9.17, 15) is 20.0 Å². The molecule has 7 nitrogen and oxygen atoms in total. The predicted molar refractivity (Wildman–Crippen MR) is 129 cm³/mol. The Kier molecular flexibility index (Phi) is 7.22. The zero-order valence-electron chi connectivity index (χ0n) is 19.4. The van der Waals surface area contributed by atoms with Gasteiger partial charge in [0.2, 0.25) is 0 Å². The predicted octanol–water partition coefficient (Wildman–Crippen LogP) is 5.86. The van der Waals surface area contributed by atoms with Crippen molar-refractivity contribution in [3.63, 3.8) is 0 Å². The van der Waals surface area contributed by atoms with Crippen LogP contribution in [0.1, 0.15) is 53.1 Å². The molecule has 0 aliphatic rings. The van der Waals surface area contributed by atoms with E-state index in [4.69, 9.17) is 9.84 Å². The maximum Gasteiger partial charge on any atom is 0.307 e. The molecule has 0 saturated heterocycles. The second-order valence-corrected chi connectivity index (χ2v) is 8.35. The van der Waals surface area contributed by atoms with Crippen LogP contribution >= 0.6 is 0 Å². The fourth-order valence-electron chi connectivity index (χ4n) is 3.66. The summed E-state index contributed by atoms with van der Waals surface area (Å²) in [6, 6.07) is 12.9. The Morgan fingerprint density at radius 3 is 2.35 bits per heavy atom. The van der Waals surface area contributed by atoms with Crippen molar-refractivity contribution in [3.8, 4) is 29.1 Å². The number of hydrogen-bond donors (Lipinski definition) is 2. The number of non-ortho nitro benzene ring substituents is 1. The van der Waals surface area contributed by atoms with Gasteiger partial charge >= 0.3 is 5.97 Å². The highest BCUT2D eigenvalue weighted by Crippen LogP contribution is 2.37. The van der Waals surface area contributed by atoms with E-state index >= 15 is 0 Å². The van der Waals surface area contributed by atoms with Crippen LogP contribution in [0.2, 0.25) is 0 Å². The van der Waals surface area contributed by atoms with Gasteiger partial charge in [-0.05, 0) is 48.6 Å². The molecule has 0 atom stereocenters. The quantitative estimate of drug-likeness (QED) is 0.271. The monoisotopic (exact) mass is 459 g/mol. The molecule has 2 N–H and O–H groups in total. The van der Waals surface area contributed by atoms with Gasteiger partial charge in [-0.15, -0.1) is 0 Å². The minimum atomic E-state index is -0.903. The second kappa shape index (κ2) is 10.1. The summed E-state index contributed by atoms with van der Waals surface area (Å²) in [4.78, 5) is 21.6. The Hall–Kier alpha value is -4.31. The normalized spacial score (nSPS) is 10.5. The molecule has 0 bridgehead atoms. The third-order valence-electron chi connectivity index (χ3n) is 5.23. The van der Waals surface area contributed by atoms with Gasteiger partial charge in [-0.25, -0.2) is 0 Å². The number of nitro benzene ring substituents is 1. The lowest BCUT2D eigenvalue weighted by Crippen LogP contribution is -2.02. The lowest BCUT2D eigenvalue weighted by molar-refractivity contribution is -0.384. The number of carboxylic acids is 1. The van der Waals surface area contributed by atoms with E-state index in [1.807, 2.05) is 27.7 Å². The first-order chi connectivity index (χ1) is 16.0. The van der Waals surface area contributed by atoms with E-state index in [1.165, 1.54) is 12.1 Å². The van der Waals surface area contributed by atoms with Crippen molar-refractivity contribution >= 4 is 11.7 Å². The van der Waals surface area contributed by atoms with E-state index in [1.54, 1.807) is 36.4 Å². The molecule has 0 aliphatic carbocycles. The Bertz CT molecular complexity index is 1310. The molecular formula is C27H25NO6. The number of hydrogen-bond acceptors (Lipinski definition) is 5. The Labute approximate surface area is 197 Å². The molecule has 0 aliphatic heterocycles.